The first-order valence-electron chi connectivity index (χ1n) is 8.89. The molecule has 2 amide bonds. The van der Waals surface area contributed by atoms with E-state index >= 15 is 0 Å². The van der Waals surface area contributed by atoms with E-state index in [4.69, 9.17) is 0 Å². The van der Waals surface area contributed by atoms with Gasteiger partial charge >= 0.3 is 0 Å². The molecule has 0 saturated carbocycles. The van der Waals surface area contributed by atoms with E-state index in [1.54, 1.807) is 43.1 Å². The lowest BCUT2D eigenvalue weighted by Crippen LogP contribution is -2.55. The topological polar surface area (TPSA) is 40.6 Å². The van der Waals surface area contributed by atoms with E-state index in [1.165, 1.54) is 11.0 Å². The molecule has 142 valence electrons. The Balaban J connectivity index is 1.78. The van der Waals surface area contributed by atoms with Gasteiger partial charge in [0, 0.05) is 25.7 Å². The van der Waals surface area contributed by atoms with Crippen molar-refractivity contribution in [2.24, 2.45) is 0 Å². The number of likely N-dealkylation sites (N-methyl/N-ethyl adjacent to an activating group) is 1. The molecular weight excluding hydrogens is 350 g/mol. The van der Waals surface area contributed by atoms with Gasteiger partial charge in [-0.3, -0.25) is 9.59 Å². The van der Waals surface area contributed by atoms with Crippen LogP contribution in [0.5, 0.6) is 0 Å². The number of nitrogens with zero attached hydrogens (tertiary/aromatic N) is 2. The minimum Gasteiger partial charge on any atom is -0.339 e. The van der Waals surface area contributed by atoms with Gasteiger partial charge in [0.05, 0.1) is 0 Å². The first-order chi connectivity index (χ1) is 12.8. The molecular formula is C21H22F2N2O2. The van der Waals surface area contributed by atoms with Gasteiger partial charge in [0.1, 0.15) is 5.54 Å². The third-order valence-electron chi connectivity index (χ3n) is 5.12. The molecule has 2 aromatic carbocycles. The van der Waals surface area contributed by atoms with E-state index in [-0.39, 0.29) is 18.4 Å². The van der Waals surface area contributed by atoms with Gasteiger partial charge in [-0.25, -0.2) is 8.78 Å². The highest BCUT2D eigenvalue weighted by atomic mass is 19.2. The van der Waals surface area contributed by atoms with Crippen molar-refractivity contribution in [3.05, 3.63) is 71.3 Å². The highest BCUT2D eigenvalue weighted by Crippen LogP contribution is 2.32. The van der Waals surface area contributed by atoms with Gasteiger partial charge in [-0.15, -0.1) is 0 Å². The van der Waals surface area contributed by atoms with Crippen molar-refractivity contribution in [3.63, 3.8) is 0 Å². The molecule has 27 heavy (non-hydrogen) atoms. The van der Waals surface area contributed by atoms with E-state index < -0.39 is 17.2 Å². The Morgan fingerprint density at radius 1 is 1.11 bits per heavy atom. The van der Waals surface area contributed by atoms with Crippen LogP contribution >= 0.6 is 0 Å². The van der Waals surface area contributed by atoms with E-state index in [0.29, 0.717) is 24.1 Å². The summed E-state index contributed by atoms with van der Waals surface area (Å²) in [6, 6.07) is 12.5. The summed E-state index contributed by atoms with van der Waals surface area (Å²) in [5.41, 5.74) is 0.0780. The number of rotatable bonds is 4. The fourth-order valence-corrected chi connectivity index (χ4v) is 3.64. The molecule has 1 fully saturated rings. The van der Waals surface area contributed by atoms with Gasteiger partial charge in [0.2, 0.25) is 5.91 Å². The zero-order chi connectivity index (χ0) is 19.6. The summed E-state index contributed by atoms with van der Waals surface area (Å²) in [5, 5.41) is 0. The molecule has 1 saturated heterocycles. The van der Waals surface area contributed by atoms with Crippen LogP contribution in [0.25, 0.3) is 0 Å². The van der Waals surface area contributed by atoms with Crippen LogP contribution in [0.3, 0.4) is 0 Å². The highest BCUT2D eigenvalue weighted by Gasteiger charge is 2.47. The number of amides is 2. The fraction of sp³-hybridized carbons (Fsp3) is 0.333. The second kappa shape index (κ2) is 7.47. The number of carbonyl (C=O) groups is 2. The van der Waals surface area contributed by atoms with Crippen molar-refractivity contribution in [1.29, 1.82) is 0 Å². The molecule has 2 aromatic rings. The molecule has 1 unspecified atom stereocenters. The Labute approximate surface area is 157 Å². The van der Waals surface area contributed by atoms with Crippen molar-refractivity contribution in [3.8, 4) is 0 Å². The summed E-state index contributed by atoms with van der Waals surface area (Å²) >= 11 is 0. The maximum Gasteiger partial charge on any atom is 0.254 e. The largest absolute Gasteiger partial charge is 0.339 e. The van der Waals surface area contributed by atoms with Crippen molar-refractivity contribution < 1.29 is 18.4 Å². The average Bonchev–Trinajstić information content (AvgIpc) is 3.07. The molecule has 1 atom stereocenters. The normalized spacial score (nSPS) is 19.2. The SMILES string of the molecule is CN(Cc1ccc(F)c(F)c1)C(=O)C1(C)CCCN1C(=O)c1ccccc1. The fourth-order valence-electron chi connectivity index (χ4n) is 3.64. The summed E-state index contributed by atoms with van der Waals surface area (Å²) in [7, 11) is 1.61. The minimum atomic E-state index is -0.958. The summed E-state index contributed by atoms with van der Waals surface area (Å²) in [6.45, 7) is 2.42. The predicted octanol–water partition coefficient (Wildman–Crippen LogP) is 3.62. The quantitative estimate of drug-likeness (QED) is 0.823. The van der Waals surface area contributed by atoms with E-state index in [1.807, 2.05) is 6.07 Å². The van der Waals surface area contributed by atoms with Crippen LogP contribution in [0.4, 0.5) is 8.78 Å². The molecule has 0 aromatic heterocycles. The highest BCUT2D eigenvalue weighted by molar-refractivity contribution is 5.99. The maximum absolute atomic E-state index is 13.4. The molecule has 4 nitrogen and oxygen atoms in total. The van der Waals surface area contributed by atoms with Crippen molar-refractivity contribution in [1.82, 2.24) is 9.80 Å². The number of benzene rings is 2. The molecule has 0 radical (unpaired) electrons. The number of halogens is 2. The lowest BCUT2D eigenvalue weighted by Gasteiger charge is -2.37. The number of hydrogen-bond acceptors (Lipinski definition) is 2. The third-order valence-corrected chi connectivity index (χ3v) is 5.12. The minimum absolute atomic E-state index is 0.138. The smallest absolute Gasteiger partial charge is 0.254 e. The van der Waals surface area contributed by atoms with Gasteiger partial charge in [-0.05, 0) is 49.6 Å². The number of likely N-dealkylation sites (tertiary alicyclic amines) is 1. The van der Waals surface area contributed by atoms with E-state index in [9.17, 15) is 18.4 Å². The maximum atomic E-state index is 13.4. The Bertz CT molecular complexity index is 857. The molecule has 1 heterocycles. The second-order valence-corrected chi connectivity index (χ2v) is 7.11. The van der Waals surface area contributed by atoms with Crippen LogP contribution < -0.4 is 0 Å². The van der Waals surface area contributed by atoms with E-state index in [2.05, 4.69) is 0 Å². The van der Waals surface area contributed by atoms with Gasteiger partial charge in [0.25, 0.3) is 5.91 Å². The van der Waals surface area contributed by atoms with Crippen LogP contribution in [0.1, 0.15) is 35.7 Å². The third kappa shape index (κ3) is 3.70. The standard InChI is InChI=1S/C21H22F2N2O2/c1-21(11-6-12-25(21)19(26)16-7-4-3-5-8-16)20(27)24(2)14-15-9-10-17(22)18(23)13-15/h3-5,7-10,13H,6,11-12,14H2,1-2H3. The van der Waals surface area contributed by atoms with Crippen LogP contribution in [0.2, 0.25) is 0 Å². The van der Waals surface area contributed by atoms with Crippen molar-refractivity contribution in [2.75, 3.05) is 13.6 Å². The summed E-state index contributed by atoms with van der Waals surface area (Å²) in [5.74, 6) is -2.25. The molecule has 1 aliphatic heterocycles. The summed E-state index contributed by atoms with van der Waals surface area (Å²) in [6.07, 6.45) is 1.30. The van der Waals surface area contributed by atoms with Gasteiger partial charge < -0.3 is 9.80 Å². The zero-order valence-electron chi connectivity index (χ0n) is 15.4. The molecule has 0 N–H and O–H groups in total. The monoisotopic (exact) mass is 372 g/mol. The number of carbonyl (C=O) groups excluding carboxylic acids is 2. The molecule has 6 heteroatoms. The lowest BCUT2D eigenvalue weighted by atomic mass is 9.96. The molecule has 3 rings (SSSR count). The molecule has 1 aliphatic rings. The van der Waals surface area contributed by atoms with Gasteiger partial charge in [-0.2, -0.15) is 0 Å². The Kier molecular flexibility index (Phi) is 5.26. The van der Waals surface area contributed by atoms with Crippen molar-refractivity contribution in [2.45, 2.75) is 31.8 Å². The van der Waals surface area contributed by atoms with Crippen LogP contribution in [-0.4, -0.2) is 40.7 Å². The summed E-state index contributed by atoms with van der Waals surface area (Å²) < 4.78 is 26.5. The molecule has 0 aliphatic carbocycles. The molecule has 0 spiro atoms. The first-order valence-corrected chi connectivity index (χ1v) is 8.89. The molecule has 0 bridgehead atoms. The van der Waals surface area contributed by atoms with Crippen LogP contribution in [0.15, 0.2) is 48.5 Å². The average molecular weight is 372 g/mol. The zero-order valence-corrected chi connectivity index (χ0v) is 15.4. The first kappa shape index (κ1) is 19.0. The van der Waals surface area contributed by atoms with Gasteiger partial charge in [-0.1, -0.05) is 24.3 Å². The van der Waals surface area contributed by atoms with Crippen LogP contribution in [0, 0.1) is 11.6 Å². The Morgan fingerprint density at radius 3 is 2.48 bits per heavy atom. The predicted molar refractivity (Wildman–Crippen MR) is 97.9 cm³/mol. The lowest BCUT2D eigenvalue weighted by molar-refractivity contribution is -0.140. The summed E-state index contributed by atoms with van der Waals surface area (Å²) in [4.78, 5) is 29.1. The Morgan fingerprint density at radius 2 is 1.81 bits per heavy atom. The van der Waals surface area contributed by atoms with Gasteiger partial charge in [0.15, 0.2) is 11.6 Å². The van der Waals surface area contributed by atoms with Crippen LogP contribution in [-0.2, 0) is 11.3 Å². The number of hydrogen-bond donors (Lipinski definition) is 0. The van der Waals surface area contributed by atoms with E-state index in [0.717, 1.165) is 18.6 Å². The second-order valence-electron chi connectivity index (χ2n) is 7.11. The van der Waals surface area contributed by atoms with Crippen molar-refractivity contribution >= 4 is 11.8 Å². The Hall–Kier alpha value is -2.76.